The molecule has 4 rings (SSSR count). The maximum absolute atomic E-state index is 5.37. The van der Waals surface area contributed by atoms with Crippen molar-refractivity contribution in [3.05, 3.63) is 11.7 Å². The first-order valence-electron chi connectivity index (χ1n) is 6.81. The molecular formula is C12H21N5O. The van der Waals surface area contributed by atoms with E-state index in [-0.39, 0.29) is 6.04 Å². The Morgan fingerprint density at radius 3 is 2.78 bits per heavy atom. The second kappa shape index (κ2) is 4.95. The molecule has 3 saturated heterocycles. The van der Waals surface area contributed by atoms with Crippen LogP contribution in [-0.4, -0.2) is 59.2 Å². The van der Waals surface area contributed by atoms with Crippen LogP contribution in [0.15, 0.2) is 4.52 Å². The molecule has 0 aliphatic carbocycles. The van der Waals surface area contributed by atoms with Crippen LogP contribution < -0.4 is 5.32 Å². The summed E-state index contributed by atoms with van der Waals surface area (Å²) in [5.41, 5.74) is 0. The quantitative estimate of drug-likeness (QED) is 0.836. The molecule has 2 unspecified atom stereocenters. The van der Waals surface area contributed by atoms with Crippen molar-refractivity contribution in [2.24, 2.45) is 0 Å². The zero-order valence-corrected chi connectivity index (χ0v) is 11.1. The van der Waals surface area contributed by atoms with Gasteiger partial charge in [0.15, 0.2) is 5.82 Å². The van der Waals surface area contributed by atoms with Crippen molar-refractivity contribution in [2.75, 3.05) is 39.3 Å². The molecule has 18 heavy (non-hydrogen) atoms. The Morgan fingerprint density at radius 2 is 2.17 bits per heavy atom. The van der Waals surface area contributed by atoms with E-state index >= 15 is 0 Å². The van der Waals surface area contributed by atoms with Crippen LogP contribution in [0.25, 0.3) is 0 Å². The summed E-state index contributed by atoms with van der Waals surface area (Å²) in [5, 5.41) is 7.46. The van der Waals surface area contributed by atoms with Crippen LogP contribution in [0.3, 0.4) is 0 Å². The molecule has 0 radical (unpaired) electrons. The van der Waals surface area contributed by atoms with Gasteiger partial charge < -0.3 is 9.84 Å². The van der Waals surface area contributed by atoms with E-state index in [1.807, 2.05) is 0 Å². The summed E-state index contributed by atoms with van der Waals surface area (Å²) in [5.74, 6) is 1.55. The van der Waals surface area contributed by atoms with E-state index < -0.39 is 0 Å². The zero-order valence-electron chi connectivity index (χ0n) is 11.1. The Hall–Kier alpha value is -0.980. The van der Waals surface area contributed by atoms with Crippen molar-refractivity contribution >= 4 is 0 Å². The van der Waals surface area contributed by atoms with Gasteiger partial charge in [0.25, 0.3) is 0 Å². The van der Waals surface area contributed by atoms with Crippen LogP contribution in [0.5, 0.6) is 0 Å². The molecule has 6 nitrogen and oxygen atoms in total. The highest BCUT2D eigenvalue weighted by Gasteiger charge is 2.35. The number of nitrogens with zero attached hydrogens (tertiary/aromatic N) is 4. The molecule has 3 aliphatic rings. The number of hydrogen-bond donors (Lipinski definition) is 1. The van der Waals surface area contributed by atoms with Crippen LogP contribution in [0, 0.1) is 0 Å². The molecule has 1 N–H and O–H groups in total. The zero-order chi connectivity index (χ0) is 12.5. The minimum atomic E-state index is 0.132. The average Bonchev–Trinajstić information content (AvgIpc) is 2.90. The predicted octanol–water partition coefficient (Wildman–Crippen LogP) is 0.412. The topological polar surface area (TPSA) is 57.4 Å². The van der Waals surface area contributed by atoms with E-state index in [1.165, 1.54) is 13.1 Å². The van der Waals surface area contributed by atoms with Crippen LogP contribution in [0.4, 0.5) is 0 Å². The predicted molar refractivity (Wildman–Crippen MR) is 67.1 cm³/mol. The van der Waals surface area contributed by atoms with Crippen LogP contribution >= 0.6 is 0 Å². The van der Waals surface area contributed by atoms with Crippen LogP contribution in [-0.2, 0) is 0 Å². The molecular weight excluding hydrogens is 230 g/mol. The van der Waals surface area contributed by atoms with Crippen molar-refractivity contribution in [3.63, 3.8) is 0 Å². The summed E-state index contributed by atoms with van der Waals surface area (Å²) in [4.78, 5) is 9.51. The first-order valence-corrected chi connectivity index (χ1v) is 6.81. The fourth-order valence-corrected chi connectivity index (χ4v) is 2.81. The summed E-state index contributed by atoms with van der Waals surface area (Å²) in [6, 6.07) is 0.450. The molecule has 1 aromatic heterocycles. The number of fused-ring (bicyclic) bond motifs is 3. The minimum Gasteiger partial charge on any atom is -0.338 e. The Kier molecular flexibility index (Phi) is 3.32. The second-order valence-electron chi connectivity index (χ2n) is 5.12. The molecule has 2 bridgehead atoms. The van der Waals surface area contributed by atoms with Crippen molar-refractivity contribution in [3.8, 4) is 0 Å². The Bertz CT molecular complexity index is 399. The molecule has 0 amide bonds. The maximum atomic E-state index is 5.37. The van der Waals surface area contributed by atoms with Gasteiger partial charge in [0, 0.05) is 32.7 Å². The molecule has 0 spiro atoms. The standard InChI is InChI=1S/C12H21N5O/c1-3-13-9(2)12-14-11(15-18-12)10-8-16-4-6-17(10)7-5-16/h9-10,13H,3-8H2,1-2H3. The van der Waals surface area contributed by atoms with Crippen molar-refractivity contribution in [1.82, 2.24) is 25.3 Å². The van der Waals surface area contributed by atoms with Gasteiger partial charge in [-0.25, -0.2) is 0 Å². The van der Waals surface area contributed by atoms with E-state index in [0.29, 0.717) is 11.9 Å². The summed E-state index contributed by atoms with van der Waals surface area (Å²) in [6.45, 7) is 10.7. The smallest absolute Gasteiger partial charge is 0.243 e. The van der Waals surface area contributed by atoms with E-state index in [9.17, 15) is 0 Å². The van der Waals surface area contributed by atoms with Gasteiger partial charge in [-0.05, 0) is 13.5 Å². The van der Waals surface area contributed by atoms with Gasteiger partial charge in [0.2, 0.25) is 5.89 Å². The summed E-state index contributed by atoms with van der Waals surface area (Å²) < 4.78 is 5.37. The molecule has 100 valence electrons. The molecule has 3 fully saturated rings. The first-order chi connectivity index (χ1) is 8.78. The largest absolute Gasteiger partial charge is 0.338 e. The SMILES string of the molecule is CCNC(C)c1nc(C2CN3CCN2CC3)no1. The fraction of sp³-hybridized carbons (Fsp3) is 0.833. The van der Waals surface area contributed by atoms with Gasteiger partial charge in [-0.1, -0.05) is 12.1 Å². The van der Waals surface area contributed by atoms with Gasteiger partial charge >= 0.3 is 0 Å². The Morgan fingerprint density at radius 1 is 1.39 bits per heavy atom. The molecule has 2 atom stereocenters. The number of hydrogen-bond acceptors (Lipinski definition) is 6. The minimum absolute atomic E-state index is 0.132. The van der Waals surface area contributed by atoms with Gasteiger partial charge in [0.05, 0.1) is 12.1 Å². The highest BCUT2D eigenvalue weighted by atomic mass is 16.5. The molecule has 0 saturated carbocycles. The third kappa shape index (κ3) is 2.15. The lowest BCUT2D eigenvalue weighted by Gasteiger charge is -2.46. The van der Waals surface area contributed by atoms with E-state index in [1.54, 1.807) is 0 Å². The fourth-order valence-electron chi connectivity index (χ4n) is 2.81. The first kappa shape index (κ1) is 12.1. The summed E-state index contributed by atoms with van der Waals surface area (Å²) in [7, 11) is 0. The molecule has 4 heterocycles. The number of aromatic nitrogens is 2. The number of nitrogens with one attached hydrogen (secondary N) is 1. The van der Waals surface area contributed by atoms with Crippen molar-refractivity contribution < 1.29 is 4.52 Å². The normalized spacial score (nSPS) is 32.7. The highest BCUT2D eigenvalue weighted by molar-refractivity contribution is 5.02. The van der Waals surface area contributed by atoms with Gasteiger partial charge in [-0.2, -0.15) is 4.98 Å². The molecule has 1 aromatic rings. The van der Waals surface area contributed by atoms with E-state index in [0.717, 1.165) is 32.0 Å². The summed E-state index contributed by atoms with van der Waals surface area (Å²) >= 11 is 0. The average molecular weight is 251 g/mol. The highest BCUT2D eigenvalue weighted by Crippen LogP contribution is 2.27. The lowest BCUT2D eigenvalue weighted by atomic mass is 10.1. The molecule has 6 heteroatoms. The third-order valence-electron chi connectivity index (χ3n) is 3.92. The van der Waals surface area contributed by atoms with Gasteiger partial charge in [-0.3, -0.25) is 9.80 Å². The second-order valence-corrected chi connectivity index (χ2v) is 5.12. The third-order valence-corrected chi connectivity index (χ3v) is 3.92. The lowest BCUT2D eigenvalue weighted by Crippen LogP contribution is -2.57. The molecule has 3 aliphatic heterocycles. The molecule has 0 aromatic carbocycles. The van der Waals surface area contributed by atoms with Crippen molar-refractivity contribution in [2.45, 2.75) is 25.9 Å². The lowest BCUT2D eigenvalue weighted by molar-refractivity contribution is 0.00781. The number of piperazine rings is 3. The van der Waals surface area contributed by atoms with E-state index in [2.05, 4.69) is 39.1 Å². The van der Waals surface area contributed by atoms with Crippen molar-refractivity contribution in [1.29, 1.82) is 0 Å². The number of rotatable bonds is 4. The van der Waals surface area contributed by atoms with Crippen LogP contribution in [0.2, 0.25) is 0 Å². The Labute approximate surface area is 107 Å². The van der Waals surface area contributed by atoms with Gasteiger partial charge in [-0.15, -0.1) is 0 Å². The van der Waals surface area contributed by atoms with Crippen LogP contribution in [0.1, 0.15) is 37.6 Å². The van der Waals surface area contributed by atoms with E-state index in [4.69, 9.17) is 4.52 Å². The Balaban J connectivity index is 1.73. The van der Waals surface area contributed by atoms with Gasteiger partial charge in [0.1, 0.15) is 0 Å². The monoisotopic (exact) mass is 251 g/mol. The maximum Gasteiger partial charge on any atom is 0.243 e. The summed E-state index contributed by atoms with van der Waals surface area (Å²) in [6.07, 6.45) is 0.